The van der Waals surface area contributed by atoms with Gasteiger partial charge in [-0.15, -0.1) is 0 Å². The molecule has 0 saturated carbocycles. The third-order valence-corrected chi connectivity index (χ3v) is 3.99. The molecule has 5 nitrogen and oxygen atoms in total. The van der Waals surface area contributed by atoms with E-state index in [0.717, 1.165) is 5.56 Å². The molecule has 2 aromatic rings. The van der Waals surface area contributed by atoms with E-state index in [1.54, 1.807) is 31.4 Å². The summed E-state index contributed by atoms with van der Waals surface area (Å²) >= 11 is 3.38. The maximum Gasteiger partial charge on any atom is 0.319 e. The van der Waals surface area contributed by atoms with Crippen molar-refractivity contribution < 1.29 is 18.7 Å². The first-order valence-corrected chi connectivity index (χ1v) is 8.03. The molecule has 0 fully saturated rings. The fraction of sp³-hybridized carbons (Fsp3) is 0.235. The van der Waals surface area contributed by atoms with Crippen LogP contribution in [0.3, 0.4) is 0 Å². The summed E-state index contributed by atoms with van der Waals surface area (Å²) in [5.41, 5.74) is 1.51. The first-order valence-electron chi connectivity index (χ1n) is 7.24. The van der Waals surface area contributed by atoms with E-state index in [-0.39, 0.29) is 11.8 Å². The van der Waals surface area contributed by atoms with Gasteiger partial charge in [0.15, 0.2) is 11.5 Å². The van der Waals surface area contributed by atoms with Crippen molar-refractivity contribution in [3.8, 4) is 11.5 Å². The van der Waals surface area contributed by atoms with Crippen molar-refractivity contribution in [1.82, 2.24) is 5.32 Å². The Morgan fingerprint density at radius 3 is 2.38 bits per heavy atom. The van der Waals surface area contributed by atoms with E-state index in [9.17, 15) is 9.18 Å². The lowest BCUT2D eigenvalue weighted by molar-refractivity contribution is 0.252. The summed E-state index contributed by atoms with van der Waals surface area (Å²) in [5, 5.41) is 5.49. The average molecular weight is 397 g/mol. The quantitative estimate of drug-likeness (QED) is 0.776. The molecule has 128 valence electrons. The second kappa shape index (κ2) is 8.54. The Balaban J connectivity index is 1.91. The van der Waals surface area contributed by atoms with Gasteiger partial charge in [-0.25, -0.2) is 9.18 Å². The Labute approximate surface area is 148 Å². The fourth-order valence-corrected chi connectivity index (χ4v) is 2.51. The van der Waals surface area contributed by atoms with Crippen molar-refractivity contribution in [3.63, 3.8) is 0 Å². The van der Waals surface area contributed by atoms with Crippen LogP contribution in [-0.4, -0.2) is 26.8 Å². The van der Waals surface area contributed by atoms with Crippen LogP contribution in [-0.2, 0) is 6.42 Å². The molecule has 2 amide bonds. The normalized spacial score (nSPS) is 10.2. The van der Waals surface area contributed by atoms with E-state index in [2.05, 4.69) is 26.6 Å². The fourth-order valence-electron chi connectivity index (χ4n) is 2.09. The third-order valence-electron chi connectivity index (χ3n) is 3.33. The van der Waals surface area contributed by atoms with Crippen molar-refractivity contribution in [1.29, 1.82) is 0 Å². The number of halogens is 2. The molecule has 0 radical (unpaired) electrons. The lowest BCUT2D eigenvalue weighted by Gasteiger charge is -2.13. The first-order chi connectivity index (χ1) is 11.5. The molecule has 0 heterocycles. The number of hydrogen-bond donors (Lipinski definition) is 2. The Morgan fingerprint density at radius 2 is 1.75 bits per heavy atom. The van der Waals surface area contributed by atoms with Gasteiger partial charge in [-0.3, -0.25) is 0 Å². The highest BCUT2D eigenvalue weighted by molar-refractivity contribution is 9.10. The maximum absolute atomic E-state index is 12.8. The predicted molar refractivity (Wildman–Crippen MR) is 94.4 cm³/mol. The second-order valence-corrected chi connectivity index (χ2v) is 5.80. The summed E-state index contributed by atoms with van der Waals surface area (Å²) in [4.78, 5) is 12.0. The number of urea groups is 1. The van der Waals surface area contributed by atoms with Crippen LogP contribution in [0.5, 0.6) is 11.5 Å². The highest BCUT2D eigenvalue weighted by Gasteiger charge is 2.11. The highest BCUT2D eigenvalue weighted by Crippen LogP contribution is 2.36. The topological polar surface area (TPSA) is 59.6 Å². The Hall–Kier alpha value is -2.28. The zero-order valence-electron chi connectivity index (χ0n) is 13.4. The molecule has 2 rings (SSSR count). The molecule has 2 N–H and O–H groups in total. The molecule has 0 spiro atoms. The lowest BCUT2D eigenvalue weighted by atomic mass is 10.1. The monoisotopic (exact) mass is 396 g/mol. The molecule has 0 aliphatic carbocycles. The zero-order valence-corrected chi connectivity index (χ0v) is 14.9. The number of amides is 2. The minimum Gasteiger partial charge on any atom is -0.493 e. The van der Waals surface area contributed by atoms with E-state index < -0.39 is 0 Å². The average Bonchev–Trinajstić information content (AvgIpc) is 2.58. The van der Waals surface area contributed by atoms with Gasteiger partial charge in [-0.05, 0) is 40.0 Å². The molecule has 0 unspecified atom stereocenters. The summed E-state index contributed by atoms with van der Waals surface area (Å²) in [6.45, 7) is 0.433. The lowest BCUT2D eigenvalue weighted by Crippen LogP contribution is -2.30. The molecule has 0 aromatic heterocycles. The van der Waals surface area contributed by atoms with E-state index in [1.807, 2.05) is 0 Å². The van der Waals surface area contributed by atoms with Crippen LogP contribution in [0.15, 0.2) is 40.9 Å². The highest BCUT2D eigenvalue weighted by atomic mass is 79.9. The summed E-state index contributed by atoms with van der Waals surface area (Å²) in [6.07, 6.45) is 0.612. The van der Waals surface area contributed by atoms with Crippen molar-refractivity contribution in [2.45, 2.75) is 6.42 Å². The second-order valence-electron chi connectivity index (χ2n) is 4.94. The molecule has 0 atom stereocenters. The number of methoxy groups -OCH3 is 2. The number of carbonyl (C=O) groups excluding carboxylic acids is 1. The van der Waals surface area contributed by atoms with Gasteiger partial charge in [-0.2, -0.15) is 0 Å². The third kappa shape index (κ3) is 4.86. The number of benzene rings is 2. The number of nitrogens with one attached hydrogen (secondary N) is 2. The van der Waals surface area contributed by atoms with Crippen LogP contribution < -0.4 is 20.1 Å². The molecule has 0 aliphatic heterocycles. The molecule has 0 bridgehead atoms. The standard InChI is InChI=1S/C17H18BrFN2O3/c1-23-15-9-13(18)14(10-16(15)24-2)21-17(22)20-8-7-11-3-5-12(19)6-4-11/h3-6,9-10H,7-8H2,1-2H3,(H2,20,21,22). The van der Waals surface area contributed by atoms with Gasteiger partial charge >= 0.3 is 6.03 Å². The van der Waals surface area contributed by atoms with Crippen LogP contribution in [0.2, 0.25) is 0 Å². The van der Waals surface area contributed by atoms with Crippen molar-refractivity contribution >= 4 is 27.6 Å². The summed E-state index contributed by atoms with van der Waals surface area (Å²) < 4.78 is 23.9. The van der Waals surface area contributed by atoms with Gasteiger partial charge in [0.25, 0.3) is 0 Å². The van der Waals surface area contributed by atoms with Crippen molar-refractivity contribution in [2.75, 3.05) is 26.1 Å². The van der Waals surface area contributed by atoms with E-state index in [0.29, 0.717) is 34.6 Å². The van der Waals surface area contributed by atoms with Crippen molar-refractivity contribution in [3.05, 3.63) is 52.3 Å². The summed E-state index contributed by atoms with van der Waals surface area (Å²) in [6, 6.07) is 9.23. The Bertz CT molecular complexity index is 708. The van der Waals surface area contributed by atoms with Gasteiger partial charge in [0, 0.05) is 23.2 Å². The van der Waals surface area contributed by atoms with Crippen LogP contribution in [0.1, 0.15) is 5.56 Å². The predicted octanol–water partition coefficient (Wildman–Crippen LogP) is 3.97. The summed E-state index contributed by atoms with van der Waals surface area (Å²) in [7, 11) is 3.07. The first kappa shape index (κ1) is 18.1. The molecular formula is C17H18BrFN2O3. The number of rotatable bonds is 6. The number of hydrogen-bond acceptors (Lipinski definition) is 3. The van der Waals surface area contributed by atoms with E-state index in [1.165, 1.54) is 19.2 Å². The summed E-state index contributed by atoms with van der Waals surface area (Å²) in [5.74, 6) is 0.803. The van der Waals surface area contributed by atoms with Crippen molar-refractivity contribution in [2.24, 2.45) is 0 Å². The van der Waals surface area contributed by atoms with E-state index >= 15 is 0 Å². The zero-order chi connectivity index (χ0) is 17.5. The van der Waals surface area contributed by atoms with Crippen LogP contribution >= 0.6 is 15.9 Å². The van der Waals surface area contributed by atoms with Gasteiger partial charge in [0.05, 0.1) is 19.9 Å². The number of ether oxygens (including phenoxy) is 2. The minimum atomic E-state index is -0.343. The number of carbonyl (C=O) groups is 1. The Morgan fingerprint density at radius 1 is 1.12 bits per heavy atom. The van der Waals surface area contributed by atoms with Crippen LogP contribution in [0.25, 0.3) is 0 Å². The molecule has 2 aromatic carbocycles. The van der Waals surface area contributed by atoms with Gasteiger partial charge in [0.2, 0.25) is 0 Å². The smallest absolute Gasteiger partial charge is 0.319 e. The largest absolute Gasteiger partial charge is 0.493 e. The Kier molecular flexibility index (Phi) is 6.43. The molecule has 7 heteroatoms. The van der Waals surface area contributed by atoms with Crippen LogP contribution in [0.4, 0.5) is 14.9 Å². The van der Waals surface area contributed by atoms with Gasteiger partial charge < -0.3 is 20.1 Å². The maximum atomic E-state index is 12.8. The van der Waals surface area contributed by atoms with Crippen LogP contribution in [0, 0.1) is 5.82 Å². The molecule has 0 saturated heterocycles. The number of anilines is 1. The van der Waals surface area contributed by atoms with Gasteiger partial charge in [0.1, 0.15) is 5.82 Å². The molecular weight excluding hydrogens is 379 g/mol. The molecule has 24 heavy (non-hydrogen) atoms. The van der Waals surface area contributed by atoms with E-state index in [4.69, 9.17) is 9.47 Å². The minimum absolute atomic E-state index is 0.275. The molecule has 0 aliphatic rings. The SMILES string of the molecule is COc1cc(Br)c(NC(=O)NCCc2ccc(F)cc2)cc1OC. The van der Waals surface area contributed by atoms with Gasteiger partial charge in [-0.1, -0.05) is 12.1 Å².